The third-order valence-corrected chi connectivity index (χ3v) is 2.15. The van der Waals surface area contributed by atoms with Gasteiger partial charge in [0.05, 0.1) is 6.54 Å². The smallest absolute Gasteiger partial charge is 0.149 e. The fourth-order valence-electron chi connectivity index (χ4n) is 1.09. The largest absolute Gasteiger partial charge is 0.310 e. The fourth-order valence-corrected chi connectivity index (χ4v) is 1.09. The van der Waals surface area contributed by atoms with Gasteiger partial charge in [0.15, 0.2) is 0 Å². The maximum atomic E-state index is 11.2. The first-order valence-corrected chi connectivity index (χ1v) is 5.42. The lowest BCUT2D eigenvalue weighted by atomic mass is 10.1. The Morgan fingerprint density at radius 1 is 1.23 bits per heavy atom. The van der Waals surface area contributed by atoms with Crippen LogP contribution in [0.2, 0.25) is 0 Å². The van der Waals surface area contributed by atoms with Crippen molar-refractivity contribution in [3.05, 3.63) is 0 Å². The number of Topliss-reactive ketones (excluding diaryl/α,β-unsaturated/α-hetero) is 1. The summed E-state index contributed by atoms with van der Waals surface area (Å²) in [4.78, 5) is 11.2. The van der Waals surface area contributed by atoms with E-state index >= 15 is 0 Å². The van der Waals surface area contributed by atoms with Gasteiger partial charge in [-0.1, -0.05) is 40.0 Å². The van der Waals surface area contributed by atoms with Gasteiger partial charge in [0.1, 0.15) is 5.78 Å². The summed E-state index contributed by atoms with van der Waals surface area (Å²) in [5.41, 5.74) is 0. The van der Waals surface area contributed by atoms with Crippen molar-refractivity contribution < 1.29 is 4.79 Å². The molecule has 1 N–H and O–H groups in total. The SMILES string of the molecule is CCCCCCNCC(=O)C(C)C. The molecule has 0 aromatic heterocycles. The molecule has 0 aromatic carbocycles. The average molecular weight is 185 g/mol. The number of ketones is 1. The van der Waals surface area contributed by atoms with Crippen LogP contribution < -0.4 is 5.32 Å². The highest BCUT2D eigenvalue weighted by Gasteiger charge is 2.04. The zero-order valence-electron chi connectivity index (χ0n) is 9.23. The highest BCUT2D eigenvalue weighted by Crippen LogP contribution is 1.97. The van der Waals surface area contributed by atoms with Gasteiger partial charge < -0.3 is 5.32 Å². The molecule has 0 radical (unpaired) electrons. The van der Waals surface area contributed by atoms with Crippen LogP contribution in [-0.2, 0) is 4.79 Å². The van der Waals surface area contributed by atoms with Crippen molar-refractivity contribution in [3.8, 4) is 0 Å². The van der Waals surface area contributed by atoms with Crippen LogP contribution in [0.5, 0.6) is 0 Å². The molecule has 0 saturated heterocycles. The topological polar surface area (TPSA) is 29.1 Å². The van der Waals surface area contributed by atoms with E-state index in [0.29, 0.717) is 12.3 Å². The Kier molecular flexibility index (Phi) is 8.00. The number of hydrogen-bond donors (Lipinski definition) is 1. The third kappa shape index (κ3) is 7.97. The molecule has 0 spiro atoms. The Bertz CT molecular complexity index is 132. The lowest BCUT2D eigenvalue weighted by Crippen LogP contribution is -2.26. The Labute approximate surface area is 82.1 Å². The van der Waals surface area contributed by atoms with Gasteiger partial charge in [-0.15, -0.1) is 0 Å². The standard InChI is InChI=1S/C11H23NO/c1-4-5-6-7-8-12-9-11(13)10(2)3/h10,12H,4-9H2,1-3H3. The molecule has 0 bridgehead atoms. The Hall–Kier alpha value is -0.370. The molecule has 0 atom stereocenters. The van der Waals surface area contributed by atoms with Gasteiger partial charge in [-0.2, -0.15) is 0 Å². The zero-order chi connectivity index (χ0) is 10.1. The Morgan fingerprint density at radius 3 is 2.46 bits per heavy atom. The van der Waals surface area contributed by atoms with Crippen LogP contribution in [0.4, 0.5) is 0 Å². The van der Waals surface area contributed by atoms with Crippen LogP contribution in [0, 0.1) is 5.92 Å². The highest BCUT2D eigenvalue weighted by atomic mass is 16.1. The molecule has 0 aromatic rings. The van der Waals surface area contributed by atoms with Gasteiger partial charge in [-0.05, 0) is 13.0 Å². The van der Waals surface area contributed by atoms with Gasteiger partial charge in [0.25, 0.3) is 0 Å². The number of carbonyl (C=O) groups is 1. The van der Waals surface area contributed by atoms with E-state index in [-0.39, 0.29) is 5.92 Å². The molecule has 0 saturated carbocycles. The Morgan fingerprint density at radius 2 is 1.92 bits per heavy atom. The summed E-state index contributed by atoms with van der Waals surface area (Å²) in [5, 5.41) is 3.18. The van der Waals surface area contributed by atoms with Gasteiger partial charge in [0, 0.05) is 5.92 Å². The van der Waals surface area contributed by atoms with Crippen molar-refractivity contribution in [2.45, 2.75) is 46.5 Å². The van der Waals surface area contributed by atoms with Crippen LogP contribution in [-0.4, -0.2) is 18.9 Å². The van der Waals surface area contributed by atoms with Gasteiger partial charge in [-0.25, -0.2) is 0 Å². The molecule has 0 fully saturated rings. The second kappa shape index (κ2) is 8.24. The zero-order valence-corrected chi connectivity index (χ0v) is 9.23. The van der Waals surface area contributed by atoms with E-state index in [1.807, 2.05) is 13.8 Å². The van der Waals surface area contributed by atoms with Crippen molar-refractivity contribution in [1.82, 2.24) is 5.32 Å². The fraction of sp³-hybridized carbons (Fsp3) is 0.909. The summed E-state index contributed by atoms with van der Waals surface area (Å²) in [7, 11) is 0. The lowest BCUT2D eigenvalue weighted by molar-refractivity contribution is -0.121. The first-order valence-electron chi connectivity index (χ1n) is 5.42. The van der Waals surface area contributed by atoms with E-state index in [1.54, 1.807) is 0 Å². The summed E-state index contributed by atoms with van der Waals surface area (Å²) in [5.74, 6) is 0.485. The predicted molar refractivity (Wildman–Crippen MR) is 56.9 cm³/mol. The monoisotopic (exact) mass is 185 g/mol. The molecule has 13 heavy (non-hydrogen) atoms. The van der Waals surface area contributed by atoms with E-state index < -0.39 is 0 Å². The minimum absolute atomic E-state index is 0.170. The molecule has 0 aliphatic heterocycles. The molecule has 0 unspecified atom stereocenters. The minimum Gasteiger partial charge on any atom is -0.310 e. The van der Waals surface area contributed by atoms with E-state index in [4.69, 9.17) is 0 Å². The van der Waals surface area contributed by atoms with Crippen molar-refractivity contribution >= 4 is 5.78 Å². The summed E-state index contributed by atoms with van der Waals surface area (Å²) >= 11 is 0. The summed E-state index contributed by atoms with van der Waals surface area (Å²) < 4.78 is 0. The van der Waals surface area contributed by atoms with Crippen LogP contribution in [0.25, 0.3) is 0 Å². The maximum absolute atomic E-state index is 11.2. The molecule has 0 aliphatic rings. The molecule has 0 rings (SSSR count). The van der Waals surface area contributed by atoms with Crippen molar-refractivity contribution in [2.24, 2.45) is 5.92 Å². The molecular formula is C11H23NO. The lowest BCUT2D eigenvalue weighted by Gasteiger charge is -2.05. The number of carbonyl (C=O) groups excluding carboxylic acids is 1. The van der Waals surface area contributed by atoms with Crippen molar-refractivity contribution in [2.75, 3.05) is 13.1 Å². The summed E-state index contributed by atoms with van der Waals surface area (Å²) in [6.07, 6.45) is 5.04. The minimum atomic E-state index is 0.170. The van der Waals surface area contributed by atoms with E-state index in [1.165, 1.54) is 25.7 Å². The first kappa shape index (κ1) is 12.6. The van der Waals surface area contributed by atoms with Gasteiger partial charge in [-0.3, -0.25) is 4.79 Å². The Balaban J connectivity index is 3.12. The molecule has 78 valence electrons. The molecular weight excluding hydrogens is 162 g/mol. The molecule has 0 heterocycles. The van der Waals surface area contributed by atoms with Crippen LogP contribution in [0.1, 0.15) is 46.5 Å². The quantitative estimate of drug-likeness (QED) is 0.588. The number of nitrogens with one attached hydrogen (secondary N) is 1. The second-order valence-corrected chi connectivity index (χ2v) is 3.86. The third-order valence-electron chi connectivity index (χ3n) is 2.15. The van der Waals surface area contributed by atoms with Crippen molar-refractivity contribution in [1.29, 1.82) is 0 Å². The van der Waals surface area contributed by atoms with Gasteiger partial charge in [0.2, 0.25) is 0 Å². The second-order valence-electron chi connectivity index (χ2n) is 3.86. The summed E-state index contributed by atoms with van der Waals surface area (Å²) in [6, 6.07) is 0. The van der Waals surface area contributed by atoms with Gasteiger partial charge >= 0.3 is 0 Å². The van der Waals surface area contributed by atoms with Crippen LogP contribution in [0.15, 0.2) is 0 Å². The number of hydrogen-bond acceptors (Lipinski definition) is 2. The van der Waals surface area contributed by atoms with Crippen molar-refractivity contribution in [3.63, 3.8) is 0 Å². The van der Waals surface area contributed by atoms with E-state index in [0.717, 1.165) is 6.54 Å². The highest BCUT2D eigenvalue weighted by molar-refractivity contribution is 5.82. The first-order chi connectivity index (χ1) is 6.18. The number of unbranched alkanes of at least 4 members (excludes halogenated alkanes) is 3. The summed E-state index contributed by atoms with van der Waals surface area (Å²) in [6.45, 7) is 7.63. The van der Waals surface area contributed by atoms with Crippen LogP contribution in [0.3, 0.4) is 0 Å². The molecule has 2 heteroatoms. The number of rotatable bonds is 8. The molecule has 0 amide bonds. The maximum Gasteiger partial charge on any atom is 0.149 e. The molecule has 0 aliphatic carbocycles. The normalized spacial score (nSPS) is 10.8. The molecule has 2 nitrogen and oxygen atoms in total. The van der Waals surface area contributed by atoms with E-state index in [9.17, 15) is 4.79 Å². The van der Waals surface area contributed by atoms with E-state index in [2.05, 4.69) is 12.2 Å². The van der Waals surface area contributed by atoms with Crippen LogP contribution >= 0.6 is 0 Å². The average Bonchev–Trinajstić information content (AvgIpc) is 2.10. The predicted octanol–water partition coefficient (Wildman–Crippen LogP) is 2.38.